The fraction of sp³-hybridized carbons (Fsp3) is 0.125. The molecule has 192 valence electrons. The molecule has 8 nitrogen and oxygen atoms in total. The van der Waals surface area contributed by atoms with E-state index in [9.17, 15) is 22.0 Å². The Hall–Kier alpha value is -3.61. The molecule has 13 heteroatoms. The lowest BCUT2D eigenvalue weighted by Crippen LogP contribution is -2.12. The van der Waals surface area contributed by atoms with Crippen molar-refractivity contribution in [3.63, 3.8) is 0 Å². The van der Waals surface area contributed by atoms with E-state index in [0.717, 1.165) is 29.6 Å². The number of halogens is 3. The molecule has 1 aromatic carbocycles. The van der Waals surface area contributed by atoms with Crippen molar-refractivity contribution in [1.29, 1.82) is 0 Å². The summed E-state index contributed by atoms with van der Waals surface area (Å²) in [6.45, 7) is 1.68. The summed E-state index contributed by atoms with van der Waals surface area (Å²) in [6.07, 6.45) is 4.43. The molecule has 0 aliphatic heterocycles. The van der Waals surface area contributed by atoms with E-state index >= 15 is 0 Å². The number of hydrogen-bond donors (Lipinski definition) is 2. The van der Waals surface area contributed by atoms with Gasteiger partial charge in [0.05, 0.1) is 41.1 Å². The second-order valence-corrected chi connectivity index (χ2v) is 11.4. The molecule has 0 atom stereocenters. The van der Waals surface area contributed by atoms with Crippen LogP contribution < -0.4 is 14.8 Å². The van der Waals surface area contributed by atoms with Gasteiger partial charge < -0.3 is 10.1 Å². The van der Waals surface area contributed by atoms with Gasteiger partial charge in [0.25, 0.3) is 5.91 Å². The molecular weight excluding hydrogens is 546 g/mol. The van der Waals surface area contributed by atoms with Crippen LogP contribution in [0.3, 0.4) is 0 Å². The van der Waals surface area contributed by atoms with Gasteiger partial charge in [-0.25, -0.2) is 17.2 Å². The maximum atomic E-state index is 14.0. The molecule has 0 aliphatic rings. The number of rotatable bonds is 8. The van der Waals surface area contributed by atoms with Crippen molar-refractivity contribution < 1.29 is 26.7 Å². The Balaban J connectivity index is 1.58. The highest BCUT2D eigenvalue weighted by molar-refractivity contribution is 7.92. The van der Waals surface area contributed by atoms with Crippen molar-refractivity contribution in [2.45, 2.75) is 13.5 Å². The highest BCUT2D eigenvalue weighted by Crippen LogP contribution is 2.33. The number of aromatic nitrogens is 2. The molecule has 0 fully saturated rings. The summed E-state index contributed by atoms with van der Waals surface area (Å²) in [6, 6.07) is 8.36. The van der Waals surface area contributed by atoms with E-state index in [-0.39, 0.29) is 28.8 Å². The van der Waals surface area contributed by atoms with Crippen LogP contribution in [0.1, 0.15) is 20.1 Å². The Morgan fingerprint density at radius 1 is 1.05 bits per heavy atom. The quantitative estimate of drug-likeness (QED) is 0.286. The zero-order valence-electron chi connectivity index (χ0n) is 19.4. The Morgan fingerprint density at radius 3 is 2.51 bits per heavy atom. The first-order valence-corrected chi connectivity index (χ1v) is 13.6. The number of nitrogens with one attached hydrogen (secondary N) is 2. The standard InChI is InChI=1S/C24H19ClF2N4O4S2/c1-13-21(23-14(3-16(26)10-29-23)12-35-20-6-17(27)9-28-11-20)8-22(36-13)24(32)30-18-4-15(25)5-19(7-18)31-37(2,33)34/h3-11,31H,12H2,1-2H3,(H,30,32). The molecule has 0 aliphatic carbocycles. The summed E-state index contributed by atoms with van der Waals surface area (Å²) >= 11 is 7.27. The molecule has 0 saturated heterocycles. The van der Waals surface area contributed by atoms with Crippen LogP contribution in [-0.4, -0.2) is 30.5 Å². The molecule has 4 rings (SSSR count). The molecule has 0 saturated carbocycles. The summed E-state index contributed by atoms with van der Waals surface area (Å²) in [7, 11) is -3.54. The van der Waals surface area contributed by atoms with Gasteiger partial charge in [0.15, 0.2) is 0 Å². The Bertz CT molecular complexity index is 1600. The number of carbonyl (C=O) groups excluding carboxylic acids is 1. The van der Waals surface area contributed by atoms with Gasteiger partial charge in [-0.2, -0.15) is 0 Å². The second kappa shape index (κ2) is 10.8. The van der Waals surface area contributed by atoms with Crippen LogP contribution in [0.15, 0.2) is 55.0 Å². The minimum atomic E-state index is -3.54. The zero-order chi connectivity index (χ0) is 26.7. The van der Waals surface area contributed by atoms with E-state index in [1.54, 1.807) is 13.0 Å². The average Bonchev–Trinajstić information content (AvgIpc) is 3.18. The zero-order valence-corrected chi connectivity index (χ0v) is 21.8. The smallest absolute Gasteiger partial charge is 0.265 e. The normalized spacial score (nSPS) is 11.3. The molecule has 4 aromatic rings. The average molecular weight is 565 g/mol. The first kappa shape index (κ1) is 26.5. The fourth-order valence-electron chi connectivity index (χ4n) is 3.42. The third-order valence-electron chi connectivity index (χ3n) is 4.86. The predicted octanol–water partition coefficient (Wildman–Crippen LogP) is 5.65. The molecule has 0 spiro atoms. The Morgan fingerprint density at radius 2 is 1.78 bits per heavy atom. The maximum Gasteiger partial charge on any atom is 0.265 e. The molecule has 3 aromatic heterocycles. The molecule has 2 N–H and O–H groups in total. The van der Waals surface area contributed by atoms with Crippen molar-refractivity contribution in [3.05, 3.63) is 87.0 Å². The minimum absolute atomic E-state index is 0.110. The summed E-state index contributed by atoms with van der Waals surface area (Å²) in [5.74, 6) is -1.44. The molecule has 0 bridgehead atoms. The third kappa shape index (κ3) is 7.00. The van der Waals surface area contributed by atoms with E-state index < -0.39 is 27.6 Å². The van der Waals surface area contributed by atoms with E-state index in [1.165, 1.54) is 41.8 Å². The second-order valence-electron chi connectivity index (χ2n) is 7.93. The van der Waals surface area contributed by atoms with Crippen molar-refractivity contribution >= 4 is 50.2 Å². The lowest BCUT2D eigenvalue weighted by atomic mass is 10.1. The van der Waals surface area contributed by atoms with Gasteiger partial charge in [-0.15, -0.1) is 11.3 Å². The van der Waals surface area contributed by atoms with Crippen LogP contribution in [0.4, 0.5) is 20.2 Å². The number of ether oxygens (including phenoxy) is 1. The highest BCUT2D eigenvalue weighted by Gasteiger charge is 2.19. The van der Waals surface area contributed by atoms with Gasteiger partial charge >= 0.3 is 0 Å². The number of thiophene rings is 1. The van der Waals surface area contributed by atoms with Crippen molar-refractivity contribution in [2.24, 2.45) is 0 Å². The van der Waals surface area contributed by atoms with Gasteiger partial charge in [0.1, 0.15) is 24.0 Å². The van der Waals surface area contributed by atoms with E-state index in [4.69, 9.17) is 16.3 Å². The number of carbonyl (C=O) groups is 1. The van der Waals surface area contributed by atoms with Crippen LogP contribution in [0.5, 0.6) is 5.75 Å². The number of nitrogens with zero attached hydrogens (tertiary/aromatic N) is 2. The highest BCUT2D eigenvalue weighted by atomic mass is 35.5. The van der Waals surface area contributed by atoms with Crippen molar-refractivity contribution in [3.8, 4) is 17.0 Å². The van der Waals surface area contributed by atoms with Crippen molar-refractivity contribution in [2.75, 3.05) is 16.3 Å². The number of hydrogen-bond acceptors (Lipinski definition) is 7. The van der Waals surface area contributed by atoms with Crippen LogP contribution >= 0.6 is 22.9 Å². The lowest BCUT2D eigenvalue weighted by Gasteiger charge is -2.10. The molecule has 37 heavy (non-hydrogen) atoms. The molecular formula is C24H19ClF2N4O4S2. The Labute approximate surface area is 220 Å². The number of pyridine rings is 2. The molecule has 1 amide bonds. The SMILES string of the molecule is Cc1sc(C(=O)Nc2cc(Cl)cc(NS(C)(=O)=O)c2)cc1-c1ncc(F)cc1COc1cncc(F)c1. The van der Waals surface area contributed by atoms with Gasteiger partial charge in [0.2, 0.25) is 10.0 Å². The summed E-state index contributed by atoms with van der Waals surface area (Å²) in [5.41, 5.74) is 1.87. The van der Waals surface area contributed by atoms with Crippen LogP contribution in [0.25, 0.3) is 11.3 Å². The van der Waals surface area contributed by atoms with E-state index in [1.807, 2.05) is 0 Å². The minimum Gasteiger partial charge on any atom is -0.487 e. The molecule has 3 heterocycles. The van der Waals surface area contributed by atoms with Gasteiger partial charge in [-0.3, -0.25) is 19.5 Å². The number of aryl methyl sites for hydroxylation is 1. The first-order chi connectivity index (χ1) is 17.5. The van der Waals surface area contributed by atoms with Gasteiger partial charge in [0, 0.05) is 32.8 Å². The van der Waals surface area contributed by atoms with E-state index in [0.29, 0.717) is 21.7 Å². The summed E-state index contributed by atoms with van der Waals surface area (Å²) < 4.78 is 58.4. The largest absolute Gasteiger partial charge is 0.487 e. The summed E-state index contributed by atoms with van der Waals surface area (Å²) in [5, 5.41) is 2.92. The third-order valence-corrected chi connectivity index (χ3v) is 6.74. The number of amides is 1. The van der Waals surface area contributed by atoms with Crippen LogP contribution in [-0.2, 0) is 16.6 Å². The van der Waals surface area contributed by atoms with Crippen LogP contribution in [0.2, 0.25) is 5.02 Å². The van der Waals surface area contributed by atoms with Crippen molar-refractivity contribution in [1.82, 2.24) is 9.97 Å². The first-order valence-electron chi connectivity index (χ1n) is 10.5. The fourth-order valence-corrected chi connectivity index (χ4v) is 5.12. The van der Waals surface area contributed by atoms with Crippen LogP contribution in [0, 0.1) is 18.6 Å². The van der Waals surface area contributed by atoms with Gasteiger partial charge in [-0.05, 0) is 37.3 Å². The van der Waals surface area contributed by atoms with E-state index in [2.05, 4.69) is 20.0 Å². The molecule has 0 radical (unpaired) electrons. The monoisotopic (exact) mass is 564 g/mol. The number of benzene rings is 1. The Kier molecular flexibility index (Phi) is 7.71. The predicted molar refractivity (Wildman–Crippen MR) is 139 cm³/mol. The summed E-state index contributed by atoms with van der Waals surface area (Å²) in [4.78, 5) is 22.0. The molecule has 0 unspecified atom stereocenters. The number of sulfonamides is 1. The number of anilines is 2. The van der Waals surface area contributed by atoms with Gasteiger partial charge in [-0.1, -0.05) is 11.6 Å². The lowest BCUT2D eigenvalue weighted by molar-refractivity contribution is 0.103. The maximum absolute atomic E-state index is 14.0. The topological polar surface area (TPSA) is 110 Å².